The van der Waals surface area contributed by atoms with Gasteiger partial charge >= 0.3 is 0 Å². The van der Waals surface area contributed by atoms with E-state index in [1.807, 2.05) is 6.07 Å². The molecule has 0 spiro atoms. The number of alkyl halides is 1. The van der Waals surface area contributed by atoms with Gasteiger partial charge in [0.05, 0.1) is 6.26 Å². The van der Waals surface area contributed by atoms with Crippen LogP contribution in [0.1, 0.15) is 5.56 Å². The zero-order valence-corrected chi connectivity index (χ0v) is 8.54. The minimum Gasteiger partial charge on any atom is -0.508 e. The molecule has 2 nitrogen and oxygen atoms in total. The smallest absolute Gasteiger partial charge is 0.137 e. The van der Waals surface area contributed by atoms with Gasteiger partial charge in [-0.3, -0.25) is 0 Å². The Morgan fingerprint density at radius 3 is 3.00 bits per heavy atom. The third-order valence-corrected chi connectivity index (χ3v) is 2.40. The van der Waals surface area contributed by atoms with Crippen molar-refractivity contribution < 1.29 is 9.52 Å². The van der Waals surface area contributed by atoms with Crippen molar-refractivity contribution in [3.63, 3.8) is 0 Å². The maximum absolute atomic E-state index is 9.20. The summed E-state index contributed by atoms with van der Waals surface area (Å²) in [6.45, 7) is 0. The van der Waals surface area contributed by atoms with Crippen molar-refractivity contribution in [2.45, 2.75) is 6.42 Å². The van der Waals surface area contributed by atoms with Gasteiger partial charge in [-0.05, 0) is 24.1 Å². The lowest BCUT2D eigenvalue weighted by Gasteiger charge is -1.93. The van der Waals surface area contributed by atoms with E-state index in [0.29, 0.717) is 0 Å². The number of rotatable bonds is 2. The Balaban J connectivity index is 2.55. The van der Waals surface area contributed by atoms with E-state index >= 15 is 0 Å². The molecule has 0 aliphatic carbocycles. The van der Waals surface area contributed by atoms with E-state index in [1.165, 1.54) is 5.56 Å². The first-order chi connectivity index (χ1) is 6.31. The van der Waals surface area contributed by atoms with Gasteiger partial charge in [-0.2, -0.15) is 0 Å². The predicted molar refractivity (Wildman–Crippen MR) is 55.4 cm³/mol. The van der Waals surface area contributed by atoms with Crippen LogP contribution in [0.5, 0.6) is 5.75 Å². The maximum atomic E-state index is 9.20. The van der Waals surface area contributed by atoms with Crippen LogP contribution in [0.15, 0.2) is 28.9 Å². The van der Waals surface area contributed by atoms with Crippen LogP contribution in [-0.2, 0) is 6.42 Å². The van der Waals surface area contributed by atoms with E-state index in [2.05, 4.69) is 15.9 Å². The monoisotopic (exact) mass is 240 g/mol. The third kappa shape index (κ3) is 1.56. The molecule has 1 aromatic heterocycles. The molecule has 3 heteroatoms. The number of phenolic OH excluding ortho intramolecular Hbond substituents is 1. The summed E-state index contributed by atoms with van der Waals surface area (Å²) in [6.07, 6.45) is 2.68. The van der Waals surface area contributed by atoms with E-state index < -0.39 is 0 Å². The summed E-state index contributed by atoms with van der Waals surface area (Å²) in [5.41, 5.74) is 1.92. The fourth-order valence-corrected chi connectivity index (χ4v) is 1.79. The Bertz CT molecular complexity index is 420. The molecule has 0 atom stereocenters. The number of phenols is 1. The maximum Gasteiger partial charge on any atom is 0.137 e. The fourth-order valence-electron chi connectivity index (χ4n) is 1.37. The molecule has 0 aliphatic rings. The Kier molecular flexibility index (Phi) is 2.27. The number of furan rings is 1. The first-order valence-electron chi connectivity index (χ1n) is 4.06. The van der Waals surface area contributed by atoms with Gasteiger partial charge in [0.1, 0.15) is 11.3 Å². The Hall–Kier alpha value is -0.960. The largest absolute Gasteiger partial charge is 0.508 e. The average molecular weight is 241 g/mol. The van der Waals surface area contributed by atoms with Crippen molar-refractivity contribution in [2.24, 2.45) is 0 Å². The van der Waals surface area contributed by atoms with Crippen LogP contribution in [-0.4, -0.2) is 10.4 Å². The lowest BCUT2D eigenvalue weighted by atomic mass is 10.1. The Morgan fingerprint density at radius 1 is 1.38 bits per heavy atom. The van der Waals surface area contributed by atoms with E-state index in [-0.39, 0.29) is 5.75 Å². The molecular weight excluding hydrogens is 232 g/mol. The van der Waals surface area contributed by atoms with Gasteiger partial charge in [0.25, 0.3) is 0 Å². The number of aromatic hydroxyl groups is 1. The van der Waals surface area contributed by atoms with Crippen LogP contribution in [0.25, 0.3) is 11.0 Å². The third-order valence-electron chi connectivity index (χ3n) is 2.00. The van der Waals surface area contributed by atoms with Crippen LogP contribution in [0, 0.1) is 0 Å². The highest BCUT2D eigenvalue weighted by molar-refractivity contribution is 9.09. The number of aryl methyl sites for hydroxylation is 1. The highest BCUT2D eigenvalue weighted by atomic mass is 79.9. The summed E-state index contributed by atoms with van der Waals surface area (Å²) in [7, 11) is 0. The van der Waals surface area contributed by atoms with Crippen molar-refractivity contribution in [3.8, 4) is 5.75 Å². The van der Waals surface area contributed by atoms with Crippen LogP contribution >= 0.6 is 15.9 Å². The van der Waals surface area contributed by atoms with E-state index in [9.17, 15) is 5.11 Å². The summed E-state index contributed by atoms with van der Waals surface area (Å²) in [4.78, 5) is 0. The van der Waals surface area contributed by atoms with Crippen LogP contribution in [0.4, 0.5) is 0 Å². The molecular formula is C10H9BrO2. The molecule has 1 aromatic carbocycles. The molecule has 13 heavy (non-hydrogen) atoms. The highest BCUT2D eigenvalue weighted by Crippen LogP contribution is 2.25. The van der Waals surface area contributed by atoms with Gasteiger partial charge < -0.3 is 9.52 Å². The quantitative estimate of drug-likeness (QED) is 0.819. The van der Waals surface area contributed by atoms with Gasteiger partial charge in [0, 0.05) is 16.8 Å². The lowest BCUT2D eigenvalue weighted by molar-refractivity contribution is 0.474. The molecule has 0 amide bonds. The van der Waals surface area contributed by atoms with Crippen molar-refractivity contribution in [1.82, 2.24) is 0 Å². The van der Waals surface area contributed by atoms with E-state index in [4.69, 9.17) is 4.42 Å². The Morgan fingerprint density at radius 2 is 2.23 bits per heavy atom. The Labute approximate surface area is 84.3 Å². The number of hydrogen-bond acceptors (Lipinski definition) is 2. The standard InChI is InChI=1S/C10H9BrO2/c11-4-3-7-6-13-10-5-8(12)1-2-9(7)10/h1-2,5-6,12H,3-4H2. The second-order valence-electron chi connectivity index (χ2n) is 2.88. The SMILES string of the molecule is Oc1ccc2c(CCBr)coc2c1. The van der Waals surface area contributed by atoms with Crippen molar-refractivity contribution in [3.05, 3.63) is 30.0 Å². The van der Waals surface area contributed by atoms with Crippen molar-refractivity contribution in [2.75, 3.05) is 5.33 Å². The van der Waals surface area contributed by atoms with Gasteiger partial charge in [-0.1, -0.05) is 15.9 Å². The first-order valence-corrected chi connectivity index (χ1v) is 5.18. The molecule has 0 unspecified atom stereocenters. The summed E-state index contributed by atoms with van der Waals surface area (Å²) >= 11 is 3.38. The minimum absolute atomic E-state index is 0.243. The van der Waals surface area contributed by atoms with Gasteiger partial charge in [-0.25, -0.2) is 0 Å². The van der Waals surface area contributed by atoms with Crippen molar-refractivity contribution >= 4 is 26.9 Å². The van der Waals surface area contributed by atoms with E-state index in [1.54, 1.807) is 18.4 Å². The molecule has 0 radical (unpaired) electrons. The number of benzene rings is 1. The molecule has 0 bridgehead atoms. The van der Waals surface area contributed by atoms with E-state index in [0.717, 1.165) is 22.7 Å². The summed E-state index contributed by atoms with van der Waals surface area (Å²) in [5.74, 6) is 0.243. The number of fused-ring (bicyclic) bond motifs is 1. The van der Waals surface area contributed by atoms with Crippen LogP contribution in [0.3, 0.4) is 0 Å². The predicted octanol–water partition coefficient (Wildman–Crippen LogP) is 3.08. The second kappa shape index (κ2) is 3.42. The summed E-state index contributed by atoms with van der Waals surface area (Å²) in [6, 6.07) is 5.19. The molecule has 0 saturated carbocycles. The topological polar surface area (TPSA) is 33.4 Å². The molecule has 1 heterocycles. The van der Waals surface area contributed by atoms with Crippen LogP contribution < -0.4 is 0 Å². The average Bonchev–Trinajstić information content (AvgIpc) is 2.49. The normalized spacial score (nSPS) is 10.8. The number of halogens is 1. The molecule has 68 valence electrons. The van der Waals surface area contributed by atoms with Crippen molar-refractivity contribution in [1.29, 1.82) is 0 Å². The zero-order chi connectivity index (χ0) is 9.26. The highest BCUT2D eigenvalue weighted by Gasteiger charge is 2.04. The molecule has 1 N–H and O–H groups in total. The molecule has 2 aromatic rings. The summed E-state index contributed by atoms with van der Waals surface area (Å²) < 4.78 is 5.30. The molecule has 0 aliphatic heterocycles. The number of hydrogen-bond donors (Lipinski definition) is 1. The van der Waals surface area contributed by atoms with Gasteiger partial charge in [0.2, 0.25) is 0 Å². The second-order valence-corrected chi connectivity index (χ2v) is 3.67. The zero-order valence-electron chi connectivity index (χ0n) is 6.96. The lowest BCUT2D eigenvalue weighted by Crippen LogP contribution is -1.81. The molecule has 0 fully saturated rings. The summed E-state index contributed by atoms with van der Waals surface area (Å²) in [5, 5.41) is 11.2. The minimum atomic E-state index is 0.243. The van der Waals surface area contributed by atoms with Gasteiger partial charge in [0.15, 0.2) is 0 Å². The first kappa shape index (κ1) is 8.63. The van der Waals surface area contributed by atoms with Crippen LogP contribution in [0.2, 0.25) is 0 Å². The van der Waals surface area contributed by atoms with Gasteiger partial charge in [-0.15, -0.1) is 0 Å². The fraction of sp³-hybridized carbons (Fsp3) is 0.200. The molecule has 2 rings (SSSR count). The molecule has 0 saturated heterocycles.